The van der Waals surface area contributed by atoms with Crippen LogP contribution in [0.1, 0.15) is 21.5 Å². The number of nitro benzene ring substituents is 1. The molecule has 0 aliphatic heterocycles. The van der Waals surface area contributed by atoms with E-state index in [4.69, 9.17) is 16.3 Å². The van der Waals surface area contributed by atoms with Crippen LogP contribution in [0.2, 0.25) is 5.02 Å². The lowest BCUT2D eigenvalue weighted by Gasteiger charge is -2.09. The van der Waals surface area contributed by atoms with Crippen molar-refractivity contribution in [3.05, 3.63) is 105 Å². The minimum absolute atomic E-state index is 0.0237. The van der Waals surface area contributed by atoms with E-state index in [-0.39, 0.29) is 12.3 Å². The topological polar surface area (TPSA) is 93.8 Å². The summed E-state index contributed by atoms with van der Waals surface area (Å²) in [6.45, 7) is 0.231. The van der Waals surface area contributed by atoms with Crippen molar-refractivity contribution in [2.75, 3.05) is 0 Å². The van der Waals surface area contributed by atoms with Crippen LogP contribution >= 0.6 is 11.6 Å². The summed E-state index contributed by atoms with van der Waals surface area (Å²) < 4.78 is 5.79. The molecule has 1 amide bonds. The SMILES string of the molecule is O=C(N/N=C\c1ccccc1OCc1ccc([N+](=O)[O-])cc1)c1ccccc1Cl. The first-order valence-electron chi connectivity index (χ1n) is 8.57. The van der Waals surface area contributed by atoms with E-state index in [0.717, 1.165) is 5.56 Å². The van der Waals surface area contributed by atoms with Crippen molar-refractivity contribution in [2.45, 2.75) is 6.61 Å². The van der Waals surface area contributed by atoms with Gasteiger partial charge in [0.1, 0.15) is 12.4 Å². The highest BCUT2D eigenvalue weighted by molar-refractivity contribution is 6.33. The fraction of sp³-hybridized carbons (Fsp3) is 0.0476. The molecule has 0 aromatic heterocycles. The molecule has 8 heteroatoms. The molecule has 3 rings (SSSR count). The first kappa shape index (κ1) is 20.0. The number of halogens is 1. The van der Waals surface area contributed by atoms with Crippen LogP contribution in [-0.4, -0.2) is 17.0 Å². The molecule has 0 aliphatic rings. The van der Waals surface area contributed by atoms with Gasteiger partial charge in [-0.2, -0.15) is 5.10 Å². The van der Waals surface area contributed by atoms with Crippen LogP contribution in [0.4, 0.5) is 5.69 Å². The predicted octanol–water partition coefficient (Wildman–Crippen LogP) is 4.59. The summed E-state index contributed by atoms with van der Waals surface area (Å²) in [6, 6.07) is 20.0. The summed E-state index contributed by atoms with van der Waals surface area (Å²) in [5.74, 6) is 0.137. The molecule has 0 saturated carbocycles. The summed E-state index contributed by atoms with van der Waals surface area (Å²) in [7, 11) is 0. The number of carbonyl (C=O) groups excluding carboxylic acids is 1. The van der Waals surface area contributed by atoms with Gasteiger partial charge in [0.25, 0.3) is 11.6 Å². The highest BCUT2D eigenvalue weighted by Gasteiger charge is 2.08. The number of hydrazone groups is 1. The van der Waals surface area contributed by atoms with Crippen LogP contribution < -0.4 is 10.2 Å². The van der Waals surface area contributed by atoms with Crippen molar-refractivity contribution < 1.29 is 14.5 Å². The van der Waals surface area contributed by atoms with Crippen molar-refractivity contribution >= 4 is 29.4 Å². The molecule has 0 aliphatic carbocycles. The Morgan fingerprint density at radius 2 is 1.76 bits per heavy atom. The number of non-ortho nitro benzene ring substituents is 1. The molecule has 146 valence electrons. The second-order valence-electron chi connectivity index (χ2n) is 5.93. The van der Waals surface area contributed by atoms with E-state index >= 15 is 0 Å². The van der Waals surface area contributed by atoms with Gasteiger partial charge < -0.3 is 4.74 Å². The van der Waals surface area contributed by atoms with E-state index < -0.39 is 10.8 Å². The summed E-state index contributed by atoms with van der Waals surface area (Å²) in [5.41, 5.74) is 4.23. The molecule has 29 heavy (non-hydrogen) atoms. The van der Waals surface area contributed by atoms with E-state index in [1.807, 2.05) is 12.1 Å². The third kappa shape index (κ3) is 5.40. The Balaban J connectivity index is 1.64. The molecule has 0 radical (unpaired) electrons. The number of rotatable bonds is 7. The summed E-state index contributed by atoms with van der Waals surface area (Å²) in [6.07, 6.45) is 1.47. The smallest absolute Gasteiger partial charge is 0.272 e. The molecule has 3 aromatic rings. The average molecular weight is 410 g/mol. The van der Waals surface area contributed by atoms with Crippen LogP contribution in [0.5, 0.6) is 5.75 Å². The van der Waals surface area contributed by atoms with Gasteiger partial charge in [-0.1, -0.05) is 35.9 Å². The number of nitrogens with one attached hydrogen (secondary N) is 1. The van der Waals surface area contributed by atoms with E-state index in [1.54, 1.807) is 48.5 Å². The lowest BCUT2D eigenvalue weighted by molar-refractivity contribution is -0.384. The third-order valence-electron chi connectivity index (χ3n) is 3.95. The maximum absolute atomic E-state index is 12.1. The lowest BCUT2D eigenvalue weighted by atomic mass is 10.2. The standard InChI is InChI=1S/C21H16ClN3O4/c22-19-7-3-2-6-18(19)21(26)24-23-13-16-5-1-4-8-20(16)29-14-15-9-11-17(12-10-15)25(27)28/h1-13H,14H2,(H,24,26)/b23-13-. The minimum atomic E-state index is -0.451. The number of ether oxygens (including phenoxy) is 1. The molecule has 0 atom stereocenters. The number of hydrogen-bond acceptors (Lipinski definition) is 5. The zero-order valence-corrected chi connectivity index (χ0v) is 15.9. The zero-order valence-electron chi connectivity index (χ0n) is 15.1. The number of nitro groups is 1. The van der Waals surface area contributed by atoms with Crippen LogP contribution in [0.3, 0.4) is 0 Å². The fourth-order valence-corrected chi connectivity index (χ4v) is 2.68. The van der Waals surface area contributed by atoms with Crippen molar-refractivity contribution in [1.29, 1.82) is 0 Å². The van der Waals surface area contributed by atoms with Gasteiger partial charge in [-0.15, -0.1) is 0 Å². The Bertz CT molecular complexity index is 1050. The molecule has 7 nitrogen and oxygen atoms in total. The Morgan fingerprint density at radius 3 is 2.48 bits per heavy atom. The van der Waals surface area contributed by atoms with E-state index in [2.05, 4.69) is 10.5 Å². The Labute approximate surface area is 171 Å². The van der Waals surface area contributed by atoms with Gasteiger partial charge in [-0.3, -0.25) is 14.9 Å². The number of nitrogens with zero attached hydrogens (tertiary/aromatic N) is 2. The lowest BCUT2D eigenvalue weighted by Crippen LogP contribution is -2.18. The molecule has 1 N–H and O–H groups in total. The highest BCUT2D eigenvalue weighted by Crippen LogP contribution is 2.19. The molecule has 3 aromatic carbocycles. The first-order chi connectivity index (χ1) is 14.0. The van der Waals surface area contributed by atoms with Crippen LogP contribution in [-0.2, 0) is 6.61 Å². The summed E-state index contributed by atoms with van der Waals surface area (Å²) in [4.78, 5) is 22.4. The van der Waals surface area contributed by atoms with Crippen molar-refractivity contribution in [2.24, 2.45) is 5.10 Å². The maximum Gasteiger partial charge on any atom is 0.272 e. The van der Waals surface area contributed by atoms with Crippen molar-refractivity contribution in [3.8, 4) is 5.75 Å². The molecular formula is C21H16ClN3O4. The molecule has 0 fully saturated rings. The largest absolute Gasteiger partial charge is 0.488 e. The predicted molar refractivity (Wildman–Crippen MR) is 110 cm³/mol. The Hall–Kier alpha value is -3.71. The average Bonchev–Trinajstić information content (AvgIpc) is 2.73. The first-order valence-corrected chi connectivity index (χ1v) is 8.95. The van der Waals surface area contributed by atoms with E-state index in [1.165, 1.54) is 18.3 Å². The Morgan fingerprint density at radius 1 is 1.07 bits per heavy atom. The van der Waals surface area contributed by atoms with Crippen LogP contribution in [0, 0.1) is 10.1 Å². The molecule has 0 saturated heterocycles. The van der Waals surface area contributed by atoms with Gasteiger partial charge >= 0.3 is 0 Å². The van der Waals surface area contributed by atoms with Crippen molar-refractivity contribution in [3.63, 3.8) is 0 Å². The number of carbonyl (C=O) groups is 1. The Kier molecular flexibility index (Phi) is 6.55. The van der Waals surface area contributed by atoms with Gasteiger partial charge in [-0.05, 0) is 42.0 Å². The summed E-state index contributed by atoms with van der Waals surface area (Å²) >= 11 is 6.00. The normalized spacial score (nSPS) is 10.7. The van der Waals surface area contributed by atoms with Gasteiger partial charge in [0, 0.05) is 17.7 Å². The second-order valence-corrected chi connectivity index (χ2v) is 6.34. The number of benzene rings is 3. The van der Waals surface area contributed by atoms with Crippen LogP contribution in [0.15, 0.2) is 77.9 Å². The maximum atomic E-state index is 12.1. The van der Waals surface area contributed by atoms with Crippen LogP contribution in [0.25, 0.3) is 0 Å². The number of amides is 1. The van der Waals surface area contributed by atoms with Gasteiger partial charge in [0.05, 0.1) is 21.7 Å². The third-order valence-corrected chi connectivity index (χ3v) is 4.28. The molecule has 0 bridgehead atoms. The van der Waals surface area contributed by atoms with E-state index in [9.17, 15) is 14.9 Å². The monoisotopic (exact) mass is 409 g/mol. The van der Waals surface area contributed by atoms with Gasteiger partial charge in [0.2, 0.25) is 0 Å². The molecule has 0 heterocycles. The second kappa shape index (κ2) is 9.48. The van der Waals surface area contributed by atoms with Crippen molar-refractivity contribution in [1.82, 2.24) is 5.43 Å². The summed E-state index contributed by atoms with van der Waals surface area (Å²) in [5, 5.41) is 15.0. The zero-order chi connectivity index (χ0) is 20.6. The van der Waals surface area contributed by atoms with Gasteiger partial charge in [-0.25, -0.2) is 5.43 Å². The minimum Gasteiger partial charge on any atom is -0.488 e. The molecular weight excluding hydrogens is 394 g/mol. The molecule has 0 unspecified atom stereocenters. The number of para-hydroxylation sites is 1. The molecule has 0 spiro atoms. The highest BCUT2D eigenvalue weighted by atomic mass is 35.5. The quantitative estimate of drug-likeness (QED) is 0.351. The van der Waals surface area contributed by atoms with Gasteiger partial charge in [0.15, 0.2) is 0 Å². The fourth-order valence-electron chi connectivity index (χ4n) is 2.46. The number of hydrogen-bond donors (Lipinski definition) is 1. The van der Waals surface area contributed by atoms with E-state index in [0.29, 0.717) is 21.9 Å².